The Balaban J connectivity index is 0.000000138. The van der Waals surface area contributed by atoms with Gasteiger partial charge in [-0.05, 0) is 161 Å². The number of nitrogens with one attached hydrogen (secondary N) is 2. The highest BCUT2D eigenvalue weighted by molar-refractivity contribution is 6.08. The largest absolute Gasteiger partial charge is 0.397 e. The molecule has 6 N–H and O–H groups in total. The summed E-state index contributed by atoms with van der Waals surface area (Å²) in [5, 5.41) is 31.3. The molecule has 0 radical (unpaired) electrons. The van der Waals surface area contributed by atoms with Gasteiger partial charge < -0.3 is 39.7 Å². The van der Waals surface area contributed by atoms with E-state index in [0.29, 0.717) is 111 Å². The number of carbonyl (C=O) groups is 2. The van der Waals surface area contributed by atoms with E-state index in [-0.39, 0.29) is 46.9 Å². The van der Waals surface area contributed by atoms with E-state index in [1.807, 2.05) is 118 Å². The van der Waals surface area contributed by atoms with Gasteiger partial charge in [-0.2, -0.15) is 0 Å². The van der Waals surface area contributed by atoms with E-state index in [4.69, 9.17) is 11.5 Å². The minimum absolute atomic E-state index is 0.00287. The molecule has 0 unspecified atom stereocenters. The zero-order valence-electron chi connectivity index (χ0n) is 61.6. The predicted molar refractivity (Wildman–Crippen MR) is 398 cm³/mol. The molecule has 36 heteroatoms. The number of anilines is 2. The number of aliphatic imine (C=N–C) groups is 2. The number of fused-ring (bicyclic) bond motifs is 8. The molecule has 14 aromatic rings. The number of hydrogen-bond acceptors (Lipinski definition) is 26. The van der Waals surface area contributed by atoms with Gasteiger partial charge in [0.15, 0.2) is 85.0 Å². The lowest BCUT2D eigenvalue weighted by molar-refractivity contribution is 0.0988. The van der Waals surface area contributed by atoms with E-state index in [9.17, 15) is 19.2 Å². The summed E-state index contributed by atoms with van der Waals surface area (Å²) in [6.07, 6.45) is 17.8. The highest BCUT2D eigenvalue weighted by Gasteiger charge is 2.24. The van der Waals surface area contributed by atoms with Crippen molar-refractivity contribution in [2.45, 2.75) is 186 Å². The first-order chi connectivity index (χ1) is 49.6. The first kappa shape index (κ1) is 75.8. The number of rotatable bonds is 8. The third-order valence-corrected chi connectivity index (χ3v) is 15.6. The van der Waals surface area contributed by atoms with Gasteiger partial charge >= 0.3 is 0 Å². The van der Waals surface area contributed by atoms with Gasteiger partial charge in [0, 0.05) is 74.2 Å². The Hall–Kier alpha value is -12.4. The summed E-state index contributed by atoms with van der Waals surface area (Å²) in [5.41, 5.74) is 21.9. The number of hydrogen-bond donors (Lipinski definition) is 4. The monoisotopic (exact) mass is 1420 g/mol. The van der Waals surface area contributed by atoms with Crippen LogP contribution in [0.25, 0.3) is 67.0 Å². The van der Waals surface area contributed by atoms with Gasteiger partial charge in [-0.15, -0.1) is 20.4 Å². The van der Waals surface area contributed by atoms with Crippen LogP contribution in [0.2, 0.25) is 0 Å². The number of carbonyl (C=O) groups excluding carboxylic acids is 2. The van der Waals surface area contributed by atoms with Crippen LogP contribution < -0.4 is 22.6 Å². The minimum atomic E-state index is -0.237. The molecule has 36 nitrogen and oxygen atoms in total. The van der Waals surface area contributed by atoms with Crippen LogP contribution in [0.15, 0.2) is 106 Å². The van der Waals surface area contributed by atoms with E-state index in [2.05, 4.69) is 157 Å². The van der Waals surface area contributed by atoms with Gasteiger partial charge in [0.05, 0.1) is 60.9 Å². The zero-order chi connectivity index (χ0) is 75.4. The summed E-state index contributed by atoms with van der Waals surface area (Å²) in [6, 6.07) is 13.4. The molecule has 16 heterocycles. The van der Waals surface area contributed by atoms with Crippen LogP contribution in [0, 0.1) is 13.8 Å². The number of pyridine rings is 4. The third kappa shape index (κ3) is 17.3. The van der Waals surface area contributed by atoms with Crippen molar-refractivity contribution in [3.63, 3.8) is 0 Å². The maximum absolute atomic E-state index is 11.5. The average Bonchev–Trinajstić information content (AvgIpc) is 1.66. The smallest absolute Gasteiger partial charge is 0.281 e. The van der Waals surface area contributed by atoms with E-state index in [1.165, 1.54) is 0 Å². The van der Waals surface area contributed by atoms with Crippen molar-refractivity contribution in [1.29, 1.82) is 0 Å². The second kappa shape index (κ2) is 33.4. The van der Waals surface area contributed by atoms with E-state index < -0.39 is 0 Å². The van der Waals surface area contributed by atoms with Crippen LogP contribution in [0.3, 0.4) is 0 Å². The fourth-order valence-corrected chi connectivity index (χ4v) is 10.2. The van der Waals surface area contributed by atoms with Crippen molar-refractivity contribution < 1.29 is 9.59 Å². The average molecular weight is 1420 g/mol. The molecule has 2 aliphatic rings. The molecule has 0 spiro atoms. The number of nitrogen functional groups attached to an aromatic ring is 2. The molecule has 0 atom stereocenters. The topological polar surface area (TPSA) is 448 Å². The second-order valence-corrected chi connectivity index (χ2v) is 26.2. The molecule has 0 aromatic carbocycles. The van der Waals surface area contributed by atoms with Gasteiger partial charge in [0.2, 0.25) is 0 Å². The van der Waals surface area contributed by atoms with Crippen LogP contribution in [0.1, 0.15) is 205 Å². The molecule has 16 rings (SSSR count). The Morgan fingerprint density at radius 2 is 0.798 bits per heavy atom. The summed E-state index contributed by atoms with van der Waals surface area (Å²) in [7, 11) is 0. The summed E-state index contributed by atoms with van der Waals surface area (Å²) < 4.78 is 14.7. The number of imidazole rings is 4. The number of aromatic nitrogens is 28. The van der Waals surface area contributed by atoms with Crippen molar-refractivity contribution in [3.05, 3.63) is 130 Å². The molecule has 0 aliphatic carbocycles. The quantitative estimate of drug-likeness (QED) is 0.110. The van der Waals surface area contributed by atoms with Crippen molar-refractivity contribution >= 4 is 114 Å². The fourth-order valence-electron chi connectivity index (χ4n) is 10.2. The van der Waals surface area contributed by atoms with E-state index in [0.717, 1.165) is 39.1 Å². The predicted octanol–water partition coefficient (Wildman–Crippen LogP) is 10.3. The highest BCUT2D eigenvalue weighted by Crippen LogP contribution is 2.27. The van der Waals surface area contributed by atoms with E-state index in [1.54, 1.807) is 96.2 Å². The van der Waals surface area contributed by atoms with Crippen LogP contribution in [0.5, 0.6) is 0 Å². The SMILES string of the molecule is CC(C)n1cnc2c(N)ccnc21.CC(C)n1cnc2c1N=CCC2=O.CC(C)n1cnc2cccnc21.CC(C)n1nnc2c(N)ccnc21.CC(C)n1nnc2c1N=CCC2=O.CC(C)n1nnc2cccnc21.Cc1nc2c(ncn2C(C)C)c(=O)[nH]1.Cc1nc2c(nnn2C(C)C)c(=O)[nH]1. The highest BCUT2D eigenvalue weighted by atomic mass is 16.1. The molecular formula is C68H88N32O4. The van der Waals surface area contributed by atoms with Crippen molar-refractivity contribution in [3.8, 4) is 0 Å². The van der Waals surface area contributed by atoms with Crippen molar-refractivity contribution in [2.24, 2.45) is 9.98 Å². The van der Waals surface area contributed by atoms with Gasteiger partial charge in [-0.3, -0.25) is 19.2 Å². The summed E-state index contributed by atoms with van der Waals surface area (Å²) >= 11 is 0. The molecule has 0 bridgehead atoms. The van der Waals surface area contributed by atoms with Gasteiger partial charge in [0.25, 0.3) is 11.1 Å². The fraction of sp³-hybridized carbons (Fsp3) is 0.412. The Bertz CT molecular complexity index is 5110. The first-order valence-electron chi connectivity index (χ1n) is 33.9. The molecule has 0 saturated carbocycles. The summed E-state index contributed by atoms with van der Waals surface area (Å²) in [4.78, 5) is 101. The maximum Gasteiger partial charge on any atom is 0.281 e. The van der Waals surface area contributed by atoms with Crippen molar-refractivity contribution in [1.82, 2.24) is 138 Å². The maximum atomic E-state index is 11.5. The van der Waals surface area contributed by atoms with E-state index >= 15 is 0 Å². The van der Waals surface area contributed by atoms with Crippen LogP contribution in [-0.2, 0) is 0 Å². The lowest BCUT2D eigenvalue weighted by Gasteiger charge is -2.10. The third-order valence-electron chi connectivity index (χ3n) is 15.6. The Morgan fingerprint density at radius 3 is 1.39 bits per heavy atom. The molecule has 2 aliphatic heterocycles. The molecule has 544 valence electrons. The summed E-state index contributed by atoms with van der Waals surface area (Å²) in [6.45, 7) is 36.1. The number of Topliss-reactive ketones (excluding diaryl/α,β-unsaturated/α-hetero) is 2. The normalized spacial score (nSPS) is 12.3. The second-order valence-electron chi connectivity index (χ2n) is 26.2. The number of aryl methyl sites for hydroxylation is 2. The Labute approximate surface area is 596 Å². The lowest BCUT2D eigenvalue weighted by atomic mass is 10.2. The molecule has 0 fully saturated rings. The zero-order valence-corrected chi connectivity index (χ0v) is 61.6. The summed E-state index contributed by atoms with van der Waals surface area (Å²) in [5.74, 6) is 2.54. The number of nitrogens with two attached hydrogens (primary N) is 2. The lowest BCUT2D eigenvalue weighted by Crippen LogP contribution is -2.11. The van der Waals surface area contributed by atoms with Gasteiger partial charge in [0.1, 0.15) is 28.2 Å². The van der Waals surface area contributed by atoms with Crippen LogP contribution in [0.4, 0.5) is 23.0 Å². The van der Waals surface area contributed by atoms with Crippen LogP contribution in [-0.4, -0.2) is 162 Å². The molecule has 104 heavy (non-hydrogen) atoms. The van der Waals surface area contributed by atoms with Gasteiger partial charge in [-0.25, -0.2) is 78.6 Å². The number of aromatic amines is 2. The number of ketones is 2. The standard InChI is InChI=1S/C9H12N4O.C9H12N4.C9H11N3O.C9H11N3.C8H11N5O.C8H11N5.C8H10N4O.C8H10N4/c1-5(2)13-4-10-7-8(13)11-6(3)12-9(7)14;1-6(2)13-5-12-8-7(10)3-4-11-9(8)13;1-6(2)12-5-11-8-7(13)3-4-10-9(8)12;1-7(2)12-6-11-8-4-3-5-10-9(8)12;1-4(2)13-7-6(11-12-13)8(14)10-5(3)9-7;1-5(2)13-8-7(11-12-13)6(9)3-4-10-8;1-5(2)12-8-7(10-11-12)6(13)3-4-9-8;1-6(2)12-8-7(10-11-12)4-3-5-9-8/h4-5H,1-3H3,(H,11,12,14);3-6H,1-2H3,(H2,10,11);4-6H,3H2,1-2H3;3-7H,1-2H3;4H,1-3H3,(H,9,10,14);3-5H,1-2H3,(H2,9,10);4-5H,3H2,1-2H3;3-6H,1-2H3. The molecular weight excluding hydrogens is 1330 g/mol. The first-order valence-corrected chi connectivity index (χ1v) is 33.9. The number of nitrogens with zero attached hydrogens (tertiary/aromatic N) is 28. The molecule has 0 saturated heterocycles. The van der Waals surface area contributed by atoms with Gasteiger partial charge in [-0.1, -0.05) is 20.9 Å². The van der Waals surface area contributed by atoms with Crippen LogP contribution >= 0.6 is 0 Å². The molecule has 14 aromatic heterocycles. The Kier molecular flexibility index (Phi) is 24.3. The Morgan fingerprint density at radius 1 is 0.365 bits per heavy atom. The molecule has 0 amide bonds. The minimum Gasteiger partial charge on any atom is -0.397 e. The van der Waals surface area contributed by atoms with Crippen molar-refractivity contribution in [2.75, 3.05) is 11.5 Å². The number of H-pyrrole nitrogens is 2.